The molecule has 6 atom stereocenters. The molecular formula is C60H123O28P. The third-order valence-corrected chi connectivity index (χ3v) is 15.8. The maximum Gasteiger partial charge on any atom is 0.478 e. The van der Waals surface area contributed by atoms with Crippen LogP contribution in [0.2, 0.25) is 0 Å². The van der Waals surface area contributed by atoms with Crippen molar-refractivity contribution in [1.29, 1.82) is 0 Å². The summed E-state index contributed by atoms with van der Waals surface area (Å²) in [7, 11) is 1.16. The van der Waals surface area contributed by atoms with Crippen LogP contribution in [-0.2, 0) is 132 Å². The van der Waals surface area contributed by atoms with Crippen molar-refractivity contribution < 1.29 is 132 Å². The van der Waals surface area contributed by atoms with Gasteiger partial charge in [0.1, 0.15) is 39.6 Å². The van der Waals surface area contributed by atoms with Gasteiger partial charge in [0, 0.05) is 162 Å². The average Bonchev–Trinajstić information content (AvgIpc) is 0.708. The maximum atomic E-state index is 19.7. The topological polar surface area (TPSA) is 266 Å². The van der Waals surface area contributed by atoms with Gasteiger partial charge in [-0.05, 0) is 125 Å². The Labute approximate surface area is 534 Å². The molecule has 29 heteroatoms. The van der Waals surface area contributed by atoms with Crippen LogP contribution in [0, 0.1) is 0 Å². The molecule has 0 aromatic carbocycles. The van der Waals surface area contributed by atoms with Crippen LogP contribution in [0.25, 0.3) is 0 Å². The van der Waals surface area contributed by atoms with Gasteiger partial charge in [0.15, 0.2) is 18.9 Å². The second-order valence-corrected chi connectivity index (χ2v) is 20.3. The molecule has 0 rings (SSSR count). The van der Waals surface area contributed by atoms with Crippen molar-refractivity contribution in [3.63, 3.8) is 0 Å². The Morgan fingerprint density at radius 3 is 0.483 bits per heavy atom. The molecule has 0 saturated heterocycles. The smallest absolute Gasteiger partial charge is 0.376 e. The average molecular weight is 1320 g/mol. The predicted molar refractivity (Wildman–Crippen MR) is 327 cm³/mol. The van der Waals surface area contributed by atoms with E-state index in [1.165, 1.54) is 42.7 Å². The molecule has 0 heterocycles. The normalized spacial score (nSPS) is 19.4. The standard InChI is InChI=1S/C60H123O28P/c1-25-68-43-52(62-19,80-37-13)58(49(74-31-7)75-32-8,53(63-20,81-38-14)44-69-26-2)86-89(61,87-59(50(76-33-9)77-34-10,54(64-21,82-39-15)45-70-27-3)55(65-22,83-40-16)46-71-28-4)88-60(51(78-35-11)79-36-12,56(66-23,84-41-17)47-72-29-5)57(67-24,85-42-18)48-73-30-6/h49-51H,25-48H2,1-24H3. The molecule has 0 aromatic rings. The van der Waals surface area contributed by atoms with Crippen molar-refractivity contribution in [2.24, 2.45) is 0 Å². The van der Waals surface area contributed by atoms with Gasteiger partial charge in [0.05, 0.1) is 0 Å². The van der Waals surface area contributed by atoms with Crippen LogP contribution in [0.4, 0.5) is 0 Å². The second-order valence-electron chi connectivity index (χ2n) is 18.8. The molecule has 0 fully saturated rings. The summed E-state index contributed by atoms with van der Waals surface area (Å²) in [5.74, 6) is -15.3. The summed E-state index contributed by atoms with van der Waals surface area (Å²) in [5.41, 5.74) is -9.03. The molecule has 0 amide bonds. The highest BCUT2D eigenvalue weighted by Crippen LogP contribution is 2.70. The molecule has 0 saturated carbocycles. The van der Waals surface area contributed by atoms with Crippen molar-refractivity contribution in [2.45, 2.75) is 195 Å². The van der Waals surface area contributed by atoms with Gasteiger partial charge in [-0.25, -0.2) is 4.57 Å². The molecule has 0 N–H and O–H groups in total. The van der Waals surface area contributed by atoms with E-state index in [9.17, 15) is 0 Å². The van der Waals surface area contributed by atoms with E-state index in [2.05, 4.69) is 0 Å². The largest absolute Gasteiger partial charge is 0.478 e. The zero-order chi connectivity index (χ0) is 67.8. The fraction of sp³-hybridized carbons (Fsp3) is 1.00. The molecule has 6 unspecified atom stereocenters. The van der Waals surface area contributed by atoms with E-state index in [1.807, 2.05) is 0 Å². The number of phosphoric acid groups is 1. The van der Waals surface area contributed by atoms with Crippen LogP contribution in [0.3, 0.4) is 0 Å². The molecule has 536 valence electrons. The third kappa shape index (κ3) is 19.7. The first-order valence-corrected chi connectivity index (χ1v) is 33.3. The first-order valence-electron chi connectivity index (χ1n) is 31.8. The summed E-state index contributed by atoms with van der Waals surface area (Å²) in [6.07, 6.45) is -5.88. The molecule has 0 aliphatic rings. The van der Waals surface area contributed by atoms with E-state index < -0.39 is 118 Å². The van der Waals surface area contributed by atoms with Crippen LogP contribution in [-0.4, -0.2) is 272 Å². The lowest BCUT2D eigenvalue weighted by Gasteiger charge is -2.62. The highest BCUT2D eigenvalue weighted by Gasteiger charge is 2.84. The second kappa shape index (κ2) is 45.6. The summed E-state index contributed by atoms with van der Waals surface area (Å²) < 4.78 is 206. The highest BCUT2D eigenvalue weighted by atomic mass is 31.2. The molecule has 0 radical (unpaired) electrons. The number of rotatable bonds is 63. The van der Waals surface area contributed by atoms with Gasteiger partial charge in [0.2, 0.25) is 51.5 Å². The number of hydrogen-bond acceptors (Lipinski definition) is 28. The summed E-state index contributed by atoms with van der Waals surface area (Å²) in [6.45, 7) is 25.1. The molecule has 0 aromatic heterocycles. The van der Waals surface area contributed by atoms with Crippen LogP contribution in [0.5, 0.6) is 0 Å². The lowest BCUT2D eigenvalue weighted by molar-refractivity contribution is -0.478. The van der Waals surface area contributed by atoms with Crippen LogP contribution >= 0.6 is 7.82 Å². The number of methoxy groups -OCH3 is 6. The molecule has 0 aliphatic carbocycles. The van der Waals surface area contributed by atoms with Crippen LogP contribution in [0.1, 0.15) is 125 Å². The van der Waals surface area contributed by atoms with Gasteiger partial charge in [-0.1, -0.05) is 0 Å². The van der Waals surface area contributed by atoms with Gasteiger partial charge < -0.3 is 114 Å². The fourth-order valence-corrected chi connectivity index (χ4v) is 13.1. The van der Waals surface area contributed by atoms with E-state index in [-0.39, 0.29) is 119 Å². The first-order chi connectivity index (χ1) is 42.8. The molecule has 0 aliphatic heterocycles. The van der Waals surface area contributed by atoms with Gasteiger partial charge >= 0.3 is 7.82 Å². The number of hydrogen-bond donors (Lipinski definition) is 0. The zero-order valence-corrected chi connectivity index (χ0v) is 60.0. The quantitative estimate of drug-likeness (QED) is 0.0411. The Kier molecular flexibility index (Phi) is 45.1. The SMILES string of the molecule is CCOCC(OC)(OCC)C(OP(=O)(OC(C(OCC)OCC)(C(COCC)(OC)OCC)C(COCC)(OC)OCC)OC(C(OCC)OCC)(C(COCC)(OC)OCC)C(COCC)(OC)OCC)(C(OCC)OCC)C(COCC)(OC)OCC. The Morgan fingerprint density at radius 2 is 0.382 bits per heavy atom. The van der Waals surface area contributed by atoms with E-state index >= 15 is 4.57 Å². The van der Waals surface area contributed by atoms with Crippen molar-refractivity contribution >= 4 is 7.82 Å². The van der Waals surface area contributed by atoms with E-state index in [1.54, 1.807) is 125 Å². The Morgan fingerprint density at radius 1 is 0.236 bits per heavy atom. The molecule has 89 heavy (non-hydrogen) atoms. The molecule has 28 nitrogen and oxygen atoms in total. The van der Waals surface area contributed by atoms with Gasteiger partial charge in [-0.2, -0.15) is 0 Å². The number of ether oxygens (including phenoxy) is 24. The van der Waals surface area contributed by atoms with Crippen molar-refractivity contribution in [1.82, 2.24) is 0 Å². The third-order valence-electron chi connectivity index (χ3n) is 14.3. The van der Waals surface area contributed by atoms with Crippen molar-refractivity contribution in [3.8, 4) is 0 Å². The minimum Gasteiger partial charge on any atom is -0.376 e. The summed E-state index contributed by atoms with van der Waals surface area (Å²) in [4.78, 5) is 0. The first kappa shape index (κ1) is 88.2. The fourth-order valence-electron chi connectivity index (χ4n) is 10.8. The minimum atomic E-state index is -6.65. The Balaban J connectivity index is 12.6. The minimum absolute atomic E-state index is 0.0303. The lowest BCUT2D eigenvalue weighted by atomic mass is 9.82. The van der Waals surface area contributed by atoms with E-state index in [0.717, 1.165) is 0 Å². The summed E-state index contributed by atoms with van der Waals surface area (Å²) in [5, 5.41) is 0. The van der Waals surface area contributed by atoms with Gasteiger partial charge in [0.25, 0.3) is 0 Å². The monoisotopic (exact) mass is 1320 g/mol. The van der Waals surface area contributed by atoms with E-state index in [4.69, 9.17) is 127 Å². The molecule has 0 bridgehead atoms. The highest BCUT2D eigenvalue weighted by molar-refractivity contribution is 7.48. The predicted octanol–water partition coefficient (Wildman–Crippen LogP) is 8.05. The van der Waals surface area contributed by atoms with E-state index in [0.29, 0.717) is 0 Å². The summed E-state index contributed by atoms with van der Waals surface area (Å²) in [6, 6.07) is 0. The maximum absolute atomic E-state index is 19.7. The van der Waals surface area contributed by atoms with Crippen molar-refractivity contribution in [2.75, 3.05) is 201 Å². The van der Waals surface area contributed by atoms with Gasteiger partial charge in [-0.15, -0.1) is 0 Å². The van der Waals surface area contributed by atoms with Crippen LogP contribution in [0.15, 0.2) is 0 Å². The number of phosphoric ester groups is 1. The lowest BCUT2D eigenvalue weighted by Crippen LogP contribution is -2.82. The van der Waals surface area contributed by atoms with Crippen molar-refractivity contribution in [3.05, 3.63) is 0 Å². The Hall–Kier alpha value is -0.850. The Bertz CT molecular complexity index is 1510. The molecule has 0 spiro atoms. The zero-order valence-electron chi connectivity index (χ0n) is 59.1. The summed E-state index contributed by atoms with van der Waals surface area (Å²) >= 11 is 0. The van der Waals surface area contributed by atoms with Gasteiger partial charge in [-0.3, -0.25) is 13.6 Å². The molecular weight excluding hydrogens is 1200 g/mol. The van der Waals surface area contributed by atoms with Crippen LogP contribution < -0.4 is 0 Å².